The Morgan fingerprint density at radius 2 is 1.96 bits per heavy atom. The van der Waals surface area contributed by atoms with Crippen LogP contribution in [0.4, 0.5) is 5.82 Å². The molecule has 0 aliphatic carbocycles. The molecule has 0 aliphatic rings. The quantitative estimate of drug-likeness (QED) is 0.678. The maximum absolute atomic E-state index is 12.2. The largest absolute Gasteiger partial charge is 0.384 e. The van der Waals surface area contributed by atoms with Gasteiger partial charge in [0, 0.05) is 25.4 Å². The molecule has 3 N–H and O–H groups in total. The fourth-order valence-corrected chi connectivity index (χ4v) is 2.75. The van der Waals surface area contributed by atoms with E-state index in [0.717, 1.165) is 29.9 Å². The number of aromatic nitrogens is 3. The Bertz CT molecular complexity index is 863. The number of benzene rings is 1. The molecule has 0 radical (unpaired) electrons. The molecule has 0 spiro atoms. The van der Waals surface area contributed by atoms with Crippen LogP contribution in [0.3, 0.4) is 0 Å². The molecule has 2 aromatic heterocycles. The van der Waals surface area contributed by atoms with Crippen LogP contribution in [0, 0.1) is 6.92 Å². The van der Waals surface area contributed by atoms with Crippen molar-refractivity contribution in [3.63, 3.8) is 0 Å². The van der Waals surface area contributed by atoms with Crippen molar-refractivity contribution in [2.24, 2.45) is 7.05 Å². The first-order chi connectivity index (χ1) is 12.1. The number of para-hydroxylation sites is 1. The molecule has 0 unspecified atom stereocenters. The maximum atomic E-state index is 12.2. The number of rotatable bonds is 6. The van der Waals surface area contributed by atoms with E-state index in [1.807, 2.05) is 67.1 Å². The molecule has 25 heavy (non-hydrogen) atoms. The average molecular weight is 337 g/mol. The Balaban J connectivity index is 1.53. The summed E-state index contributed by atoms with van der Waals surface area (Å²) in [7, 11) is 1.89. The van der Waals surface area contributed by atoms with Gasteiger partial charge in [-0.05, 0) is 44.0 Å². The molecular weight excluding hydrogens is 314 g/mol. The van der Waals surface area contributed by atoms with E-state index < -0.39 is 0 Å². The number of nitrogen functional groups attached to an aromatic ring is 1. The number of amides is 1. The van der Waals surface area contributed by atoms with E-state index in [0.29, 0.717) is 18.1 Å². The van der Waals surface area contributed by atoms with Gasteiger partial charge in [0.05, 0.1) is 11.4 Å². The number of anilines is 1. The number of carbonyl (C=O) groups is 1. The predicted octanol–water partition coefficient (Wildman–Crippen LogP) is 2.46. The molecular formula is C19H23N5O. The highest BCUT2D eigenvalue weighted by atomic mass is 16.1. The zero-order valence-corrected chi connectivity index (χ0v) is 14.6. The molecule has 0 aliphatic heterocycles. The number of aryl methyl sites for hydroxylation is 2. The van der Waals surface area contributed by atoms with E-state index in [-0.39, 0.29) is 5.91 Å². The van der Waals surface area contributed by atoms with Crippen molar-refractivity contribution in [2.45, 2.75) is 19.8 Å². The second-order valence-electron chi connectivity index (χ2n) is 6.09. The van der Waals surface area contributed by atoms with Crippen molar-refractivity contribution in [1.82, 2.24) is 19.7 Å². The third-order valence-electron chi connectivity index (χ3n) is 4.29. The summed E-state index contributed by atoms with van der Waals surface area (Å²) in [6.07, 6.45) is 1.57. The van der Waals surface area contributed by atoms with Gasteiger partial charge in [0.25, 0.3) is 5.91 Å². The molecule has 1 aromatic carbocycles. The Hall–Kier alpha value is -3.02. The number of hydrogen-bond acceptors (Lipinski definition) is 3. The fourth-order valence-electron chi connectivity index (χ4n) is 2.75. The Morgan fingerprint density at radius 1 is 1.20 bits per heavy atom. The van der Waals surface area contributed by atoms with Crippen LogP contribution in [-0.2, 0) is 13.5 Å². The molecule has 0 bridgehead atoms. The molecule has 0 saturated carbocycles. The van der Waals surface area contributed by atoms with E-state index in [2.05, 4.69) is 10.4 Å². The van der Waals surface area contributed by atoms with Gasteiger partial charge in [0.2, 0.25) is 0 Å². The van der Waals surface area contributed by atoms with Crippen LogP contribution < -0.4 is 11.1 Å². The van der Waals surface area contributed by atoms with Gasteiger partial charge in [-0.15, -0.1) is 0 Å². The lowest BCUT2D eigenvalue weighted by Gasteiger charge is -2.06. The van der Waals surface area contributed by atoms with Crippen LogP contribution in [0.5, 0.6) is 0 Å². The van der Waals surface area contributed by atoms with Gasteiger partial charge in [-0.1, -0.05) is 18.2 Å². The van der Waals surface area contributed by atoms with Crippen molar-refractivity contribution >= 4 is 11.7 Å². The highest BCUT2D eigenvalue weighted by Crippen LogP contribution is 2.15. The summed E-state index contributed by atoms with van der Waals surface area (Å²) in [4.78, 5) is 12.2. The van der Waals surface area contributed by atoms with Crippen LogP contribution in [0.2, 0.25) is 0 Å². The van der Waals surface area contributed by atoms with Crippen molar-refractivity contribution < 1.29 is 4.79 Å². The Labute approximate surface area is 147 Å². The topological polar surface area (TPSA) is 77.9 Å². The molecule has 130 valence electrons. The van der Waals surface area contributed by atoms with E-state index >= 15 is 0 Å². The zero-order chi connectivity index (χ0) is 17.8. The summed E-state index contributed by atoms with van der Waals surface area (Å²) >= 11 is 0. The van der Waals surface area contributed by atoms with E-state index in [1.54, 1.807) is 4.68 Å². The van der Waals surface area contributed by atoms with Crippen LogP contribution in [-0.4, -0.2) is 26.8 Å². The van der Waals surface area contributed by atoms with Crippen molar-refractivity contribution in [1.29, 1.82) is 0 Å². The molecule has 3 aromatic rings. The SMILES string of the molecule is Cc1ccc(C(=O)NCCCc2cc(N)n(-c3ccccc3)n2)n1C. The molecule has 0 saturated heterocycles. The average Bonchev–Trinajstić information content (AvgIpc) is 3.15. The Morgan fingerprint density at radius 3 is 2.64 bits per heavy atom. The second-order valence-corrected chi connectivity index (χ2v) is 6.09. The summed E-state index contributed by atoms with van der Waals surface area (Å²) in [5.74, 6) is 0.564. The molecule has 1 amide bonds. The summed E-state index contributed by atoms with van der Waals surface area (Å²) in [6, 6.07) is 15.5. The van der Waals surface area contributed by atoms with Crippen molar-refractivity contribution in [3.05, 3.63) is 65.6 Å². The van der Waals surface area contributed by atoms with Gasteiger partial charge >= 0.3 is 0 Å². The van der Waals surface area contributed by atoms with Gasteiger partial charge < -0.3 is 15.6 Å². The first-order valence-electron chi connectivity index (χ1n) is 8.36. The first-order valence-corrected chi connectivity index (χ1v) is 8.36. The summed E-state index contributed by atoms with van der Waals surface area (Å²) in [6.45, 7) is 2.57. The highest BCUT2D eigenvalue weighted by Gasteiger charge is 2.10. The minimum Gasteiger partial charge on any atom is -0.384 e. The second kappa shape index (κ2) is 7.25. The van der Waals surface area contributed by atoms with Crippen molar-refractivity contribution in [3.8, 4) is 5.69 Å². The monoisotopic (exact) mass is 337 g/mol. The summed E-state index contributed by atoms with van der Waals surface area (Å²) < 4.78 is 3.62. The highest BCUT2D eigenvalue weighted by molar-refractivity contribution is 5.92. The lowest BCUT2D eigenvalue weighted by Crippen LogP contribution is -2.26. The number of carbonyl (C=O) groups excluding carboxylic acids is 1. The van der Waals surface area contributed by atoms with Crippen LogP contribution in [0.1, 0.15) is 28.3 Å². The molecule has 2 heterocycles. The zero-order valence-electron chi connectivity index (χ0n) is 14.6. The molecule has 0 atom stereocenters. The lowest BCUT2D eigenvalue weighted by atomic mass is 10.2. The van der Waals surface area contributed by atoms with Gasteiger partial charge in [-0.25, -0.2) is 4.68 Å². The number of hydrogen-bond donors (Lipinski definition) is 2. The fraction of sp³-hybridized carbons (Fsp3) is 0.263. The molecule has 6 nitrogen and oxygen atoms in total. The molecule has 0 fully saturated rings. The minimum absolute atomic E-state index is 0.0510. The standard InChI is InChI=1S/C19H23N5O/c1-14-10-11-17(23(14)2)19(25)21-12-6-7-15-13-18(20)24(22-15)16-8-4-3-5-9-16/h3-5,8-11,13H,6-7,12,20H2,1-2H3,(H,21,25). The van der Waals surface area contributed by atoms with Crippen LogP contribution >= 0.6 is 0 Å². The third kappa shape index (κ3) is 3.74. The number of nitrogens with two attached hydrogens (primary N) is 1. The molecule has 3 rings (SSSR count). The predicted molar refractivity (Wildman–Crippen MR) is 98.8 cm³/mol. The number of nitrogens with one attached hydrogen (secondary N) is 1. The van der Waals surface area contributed by atoms with E-state index in [4.69, 9.17) is 5.73 Å². The van der Waals surface area contributed by atoms with Crippen LogP contribution in [0.15, 0.2) is 48.5 Å². The van der Waals surface area contributed by atoms with Gasteiger partial charge in [0.1, 0.15) is 11.5 Å². The normalized spacial score (nSPS) is 10.8. The Kier molecular flexibility index (Phi) is 4.88. The summed E-state index contributed by atoms with van der Waals surface area (Å²) in [5.41, 5.74) is 9.65. The molecule has 6 heteroatoms. The third-order valence-corrected chi connectivity index (χ3v) is 4.29. The smallest absolute Gasteiger partial charge is 0.267 e. The number of nitrogens with zero attached hydrogens (tertiary/aromatic N) is 3. The summed E-state index contributed by atoms with van der Waals surface area (Å²) in [5, 5.41) is 7.50. The van der Waals surface area contributed by atoms with Crippen molar-refractivity contribution in [2.75, 3.05) is 12.3 Å². The van der Waals surface area contributed by atoms with E-state index in [1.165, 1.54) is 0 Å². The first kappa shape index (κ1) is 16.8. The van der Waals surface area contributed by atoms with Crippen LogP contribution in [0.25, 0.3) is 5.69 Å². The van der Waals surface area contributed by atoms with E-state index in [9.17, 15) is 4.79 Å². The van der Waals surface area contributed by atoms with Gasteiger partial charge in [-0.2, -0.15) is 5.10 Å². The van der Waals surface area contributed by atoms with Gasteiger partial charge in [-0.3, -0.25) is 4.79 Å². The lowest BCUT2D eigenvalue weighted by molar-refractivity contribution is 0.0945. The maximum Gasteiger partial charge on any atom is 0.267 e. The minimum atomic E-state index is -0.0510. The van der Waals surface area contributed by atoms with Gasteiger partial charge in [0.15, 0.2) is 0 Å².